The number of thioether (sulfide) groups is 1. The maximum absolute atomic E-state index is 5.29. The fourth-order valence-electron chi connectivity index (χ4n) is 1.78. The zero-order chi connectivity index (χ0) is 14.8. The number of tetrazole rings is 1. The van der Waals surface area contributed by atoms with Gasteiger partial charge in [0.15, 0.2) is 0 Å². The quantitative estimate of drug-likeness (QED) is 0.533. The molecule has 0 saturated heterocycles. The minimum atomic E-state index is 0.790. The van der Waals surface area contributed by atoms with E-state index in [0.29, 0.717) is 0 Å². The Morgan fingerprint density at radius 1 is 1.24 bits per heavy atom. The van der Waals surface area contributed by atoms with Crippen LogP contribution >= 0.6 is 11.8 Å². The number of para-hydroxylation sites is 1. The molecular weight excluding hydrogens is 286 g/mol. The number of benzene rings is 1. The first-order valence-corrected chi connectivity index (χ1v) is 8.15. The van der Waals surface area contributed by atoms with Gasteiger partial charge in [-0.05, 0) is 42.4 Å². The highest BCUT2D eigenvalue weighted by molar-refractivity contribution is 7.99. The van der Waals surface area contributed by atoms with Gasteiger partial charge in [0, 0.05) is 25.5 Å². The van der Waals surface area contributed by atoms with E-state index in [0.717, 1.165) is 49.3 Å². The lowest BCUT2D eigenvalue weighted by atomic mass is 10.3. The largest absolute Gasteiger partial charge is 0.382 e. The van der Waals surface area contributed by atoms with Gasteiger partial charge in [-0.3, -0.25) is 0 Å². The van der Waals surface area contributed by atoms with Crippen LogP contribution in [0.5, 0.6) is 0 Å². The summed E-state index contributed by atoms with van der Waals surface area (Å²) < 4.78 is 7.05. The molecule has 0 fully saturated rings. The van der Waals surface area contributed by atoms with Crippen molar-refractivity contribution in [2.75, 3.05) is 32.1 Å². The van der Waals surface area contributed by atoms with E-state index in [1.807, 2.05) is 37.3 Å². The van der Waals surface area contributed by atoms with Crippen LogP contribution in [-0.2, 0) is 4.74 Å². The van der Waals surface area contributed by atoms with Crippen molar-refractivity contribution in [3.05, 3.63) is 30.3 Å². The highest BCUT2D eigenvalue weighted by Gasteiger charge is 2.07. The fraction of sp³-hybridized carbons (Fsp3) is 0.500. The van der Waals surface area contributed by atoms with Crippen molar-refractivity contribution in [3.63, 3.8) is 0 Å². The first-order valence-electron chi connectivity index (χ1n) is 7.17. The van der Waals surface area contributed by atoms with Gasteiger partial charge in [-0.2, -0.15) is 4.68 Å². The molecule has 2 aromatic rings. The zero-order valence-corrected chi connectivity index (χ0v) is 13.1. The van der Waals surface area contributed by atoms with Crippen LogP contribution in [0.4, 0.5) is 0 Å². The van der Waals surface area contributed by atoms with Crippen molar-refractivity contribution < 1.29 is 4.74 Å². The van der Waals surface area contributed by atoms with Crippen molar-refractivity contribution in [3.8, 4) is 5.69 Å². The molecule has 0 spiro atoms. The van der Waals surface area contributed by atoms with Gasteiger partial charge in [0.05, 0.1) is 5.69 Å². The van der Waals surface area contributed by atoms with Gasteiger partial charge >= 0.3 is 0 Å². The predicted molar refractivity (Wildman–Crippen MR) is 83.9 cm³/mol. The van der Waals surface area contributed by atoms with E-state index in [-0.39, 0.29) is 0 Å². The Morgan fingerprint density at radius 3 is 2.90 bits per heavy atom. The van der Waals surface area contributed by atoms with E-state index in [2.05, 4.69) is 20.8 Å². The molecule has 0 aliphatic heterocycles. The Balaban J connectivity index is 1.69. The summed E-state index contributed by atoms with van der Waals surface area (Å²) in [5, 5.41) is 16.1. The monoisotopic (exact) mass is 307 g/mol. The maximum Gasteiger partial charge on any atom is 0.214 e. The van der Waals surface area contributed by atoms with Gasteiger partial charge < -0.3 is 10.1 Å². The van der Waals surface area contributed by atoms with E-state index >= 15 is 0 Å². The van der Waals surface area contributed by atoms with Gasteiger partial charge in [0.1, 0.15) is 0 Å². The van der Waals surface area contributed by atoms with E-state index in [4.69, 9.17) is 4.74 Å². The number of rotatable bonds is 10. The molecule has 0 aliphatic rings. The zero-order valence-electron chi connectivity index (χ0n) is 12.2. The lowest BCUT2D eigenvalue weighted by molar-refractivity contribution is 0.145. The third kappa shape index (κ3) is 5.45. The van der Waals surface area contributed by atoms with E-state index < -0.39 is 0 Å². The molecule has 0 radical (unpaired) electrons. The minimum Gasteiger partial charge on any atom is -0.382 e. The van der Waals surface area contributed by atoms with E-state index in [1.54, 1.807) is 16.4 Å². The second-order valence-electron chi connectivity index (χ2n) is 4.36. The summed E-state index contributed by atoms with van der Waals surface area (Å²) in [6.45, 7) is 5.53. The first kappa shape index (κ1) is 15.9. The van der Waals surface area contributed by atoms with Crippen molar-refractivity contribution in [1.29, 1.82) is 0 Å². The first-order chi connectivity index (χ1) is 10.4. The standard InChI is InChI=1S/C14H21N5OS/c1-2-20-11-6-9-15-10-12-21-14-16-17-18-19(14)13-7-4-3-5-8-13/h3-5,7-8,15H,2,6,9-12H2,1H3. The van der Waals surface area contributed by atoms with Crippen molar-refractivity contribution >= 4 is 11.8 Å². The Morgan fingerprint density at radius 2 is 2.10 bits per heavy atom. The third-order valence-electron chi connectivity index (χ3n) is 2.80. The van der Waals surface area contributed by atoms with Gasteiger partial charge in [0.25, 0.3) is 0 Å². The number of nitrogens with zero attached hydrogens (tertiary/aromatic N) is 4. The summed E-state index contributed by atoms with van der Waals surface area (Å²) in [4.78, 5) is 0. The Kier molecular flexibility index (Phi) is 7.20. The highest BCUT2D eigenvalue weighted by atomic mass is 32.2. The fourth-order valence-corrected chi connectivity index (χ4v) is 2.57. The predicted octanol–water partition coefficient (Wildman–Crippen LogP) is 1.77. The van der Waals surface area contributed by atoms with Crippen LogP contribution in [-0.4, -0.2) is 52.3 Å². The molecule has 0 unspecified atom stereocenters. The van der Waals surface area contributed by atoms with Crippen molar-refractivity contribution in [2.24, 2.45) is 0 Å². The van der Waals surface area contributed by atoms with Gasteiger partial charge in [-0.1, -0.05) is 30.0 Å². The molecule has 1 N–H and O–H groups in total. The molecule has 1 heterocycles. The van der Waals surface area contributed by atoms with Crippen LogP contribution in [0, 0.1) is 0 Å². The molecule has 1 aromatic carbocycles. The molecule has 114 valence electrons. The average molecular weight is 307 g/mol. The summed E-state index contributed by atoms with van der Waals surface area (Å²) in [6.07, 6.45) is 1.04. The second-order valence-corrected chi connectivity index (χ2v) is 5.42. The number of aromatic nitrogens is 4. The SMILES string of the molecule is CCOCCCNCCSc1nnnn1-c1ccccc1. The molecule has 7 heteroatoms. The van der Waals surface area contributed by atoms with E-state index in [9.17, 15) is 0 Å². The third-order valence-corrected chi connectivity index (χ3v) is 3.72. The van der Waals surface area contributed by atoms with Crippen LogP contribution in [0.15, 0.2) is 35.5 Å². The molecule has 0 aliphatic carbocycles. The number of hydrogen-bond donors (Lipinski definition) is 1. The van der Waals surface area contributed by atoms with Crippen LogP contribution in [0.2, 0.25) is 0 Å². The van der Waals surface area contributed by atoms with Crippen molar-refractivity contribution in [1.82, 2.24) is 25.5 Å². The van der Waals surface area contributed by atoms with Crippen LogP contribution in [0.25, 0.3) is 5.69 Å². The highest BCUT2D eigenvalue weighted by Crippen LogP contribution is 2.16. The Labute approximate surface area is 129 Å². The molecular formula is C14H21N5OS. The number of ether oxygens (including phenoxy) is 1. The van der Waals surface area contributed by atoms with Crippen molar-refractivity contribution in [2.45, 2.75) is 18.5 Å². The average Bonchev–Trinajstić information content (AvgIpc) is 2.99. The summed E-state index contributed by atoms with van der Waals surface area (Å²) in [5.41, 5.74) is 0.981. The lowest BCUT2D eigenvalue weighted by Gasteiger charge is -2.05. The summed E-state index contributed by atoms with van der Waals surface area (Å²) in [5.74, 6) is 0.932. The molecule has 1 aromatic heterocycles. The van der Waals surface area contributed by atoms with Gasteiger partial charge in [-0.25, -0.2) is 0 Å². The Hall–Kier alpha value is -1.44. The molecule has 6 nitrogen and oxygen atoms in total. The summed E-state index contributed by atoms with van der Waals surface area (Å²) in [7, 11) is 0. The molecule has 0 saturated carbocycles. The van der Waals surface area contributed by atoms with Gasteiger partial charge in [-0.15, -0.1) is 5.10 Å². The van der Waals surface area contributed by atoms with Crippen LogP contribution < -0.4 is 5.32 Å². The smallest absolute Gasteiger partial charge is 0.214 e. The summed E-state index contributed by atoms with van der Waals surface area (Å²) >= 11 is 1.65. The molecule has 0 atom stereocenters. The second kappa shape index (κ2) is 9.49. The Bertz CT molecular complexity index is 505. The normalized spacial score (nSPS) is 10.9. The number of hydrogen-bond acceptors (Lipinski definition) is 6. The van der Waals surface area contributed by atoms with E-state index in [1.165, 1.54) is 0 Å². The van der Waals surface area contributed by atoms with Crippen LogP contribution in [0.3, 0.4) is 0 Å². The van der Waals surface area contributed by atoms with Crippen LogP contribution in [0.1, 0.15) is 13.3 Å². The lowest BCUT2D eigenvalue weighted by Crippen LogP contribution is -2.19. The molecule has 2 rings (SSSR count). The minimum absolute atomic E-state index is 0.790. The topological polar surface area (TPSA) is 64.9 Å². The number of nitrogens with one attached hydrogen (secondary N) is 1. The van der Waals surface area contributed by atoms with Gasteiger partial charge in [0.2, 0.25) is 5.16 Å². The maximum atomic E-state index is 5.29. The molecule has 0 amide bonds. The molecule has 0 bridgehead atoms. The summed E-state index contributed by atoms with van der Waals surface area (Å²) in [6, 6.07) is 9.92. The molecule has 21 heavy (non-hydrogen) atoms.